The number of nitrogens with one attached hydrogen (secondary N) is 1. The number of aromatic nitrogens is 2. The van der Waals surface area contributed by atoms with Crippen LogP contribution in [0.25, 0.3) is 0 Å². The maximum atomic E-state index is 8.92. The second-order valence-electron chi connectivity index (χ2n) is 3.33. The van der Waals surface area contributed by atoms with Gasteiger partial charge in [-0.05, 0) is 30.7 Å². The lowest BCUT2D eigenvalue weighted by Crippen LogP contribution is -1.98. The summed E-state index contributed by atoms with van der Waals surface area (Å²) in [5, 5.41) is 12.0. The van der Waals surface area contributed by atoms with Gasteiger partial charge in [0.2, 0.25) is 0 Å². The van der Waals surface area contributed by atoms with Crippen LogP contribution in [0.15, 0.2) is 36.8 Å². The lowest BCUT2D eigenvalue weighted by molar-refractivity contribution is 1.24. The summed E-state index contributed by atoms with van der Waals surface area (Å²) in [5.41, 5.74) is 2.44. The fourth-order valence-electron chi connectivity index (χ4n) is 1.32. The van der Waals surface area contributed by atoms with Crippen LogP contribution in [0.5, 0.6) is 0 Å². The first-order chi connectivity index (χ1) is 7.81. The van der Waals surface area contributed by atoms with Crippen LogP contribution in [0.2, 0.25) is 0 Å². The van der Waals surface area contributed by atoms with E-state index in [0.29, 0.717) is 11.4 Å². The SMILES string of the molecule is Cc1ccncc1Nc1ncccc1C#N. The van der Waals surface area contributed by atoms with E-state index in [1.54, 1.807) is 30.7 Å². The van der Waals surface area contributed by atoms with Crippen LogP contribution >= 0.6 is 0 Å². The molecule has 2 heterocycles. The minimum absolute atomic E-state index is 0.519. The van der Waals surface area contributed by atoms with Gasteiger partial charge in [0.15, 0.2) is 0 Å². The topological polar surface area (TPSA) is 61.6 Å². The van der Waals surface area contributed by atoms with Crippen LogP contribution in [-0.2, 0) is 0 Å². The summed E-state index contributed by atoms with van der Waals surface area (Å²) in [7, 11) is 0. The van der Waals surface area contributed by atoms with E-state index in [9.17, 15) is 0 Å². The number of hydrogen-bond acceptors (Lipinski definition) is 4. The molecule has 0 atom stereocenters. The molecule has 0 aromatic carbocycles. The van der Waals surface area contributed by atoms with Gasteiger partial charge in [-0.1, -0.05) is 0 Å². The Kier molecular flexibility index (Phi) is 2.79. The largest absolute Gasteiger partial charge is 0.338 e. The number of rotatable bonds is 2. The Morgan fingerprint density at radius 1 is 1.31 bits per heavy atom. The summed E-state index contributed by atoms with van der Waals surface area (Å²) in [6.07, 6.45) is 5.09. The minimum atomic E-state index is 0.519. The van der Waals surface area contributed by atoms with Crippen LogP contribution in [0.4, 0.5) is 11.5 Å². The molecule has 0 amide bonds. The third-order valence-corrected chi connectivity index (χ3v) is 2.22. The van der Waals surface area contributed by atoms with Crippen LogP contribution in [0.3, 0.4) is 0 Å². The van der Waals surface area contributed by atoms with Crippen molar-refractivity contribution in [1.82, 2.24) is 9.97 Å². The van der Waals surface area contributed by atoms with Crippen molar-refractivity contribution in [3.05, 3.63) is 47.9 Å². The van der Waals surface area contributed by atoms with Crippen LogP contribution in [0, 0.1) is 18.3 Å². The van der Waals surface area contributed by atoms with E-state index in [2.05, 4.69) is 21.4 Å². The normalized spacial score (nSPS) is 9.50. The molecule has 4 nitrogen and oxygen atoms in total. The average molecular weight is 210 g/mol. The van der Waals surface area contributed by atoms with Crippen molar-refractivity contribution in [3.63, 3.8) is 0 Å². The van der Waals surface area contributed by atoms with Gasteiger partial charge in [0.05, 0.1) is 17.4 Å². The van der Waals surface area contributed by atoms with Crippen LogP contribution < -0.4 is 5.32 Å². The number of anilines is 2. The van der Waals surface area contributed by atoms with E-state index < -0.39 is 0 Å². The standard InChI is InChI=1S/C12H10N4/c1-9-4-6-14-8-11(9)16-12-10(7-13)3-2-5-15-12/h2-6,8H,1H3,(H,15,16). The summed E-state index contributed by atoms with van der Waals surface area (Å²) >= 11 is 0. The monoisotopic (exact) mass is 210 g/mol. The Hall–Kier alpha value is -2.41. The molecule has 2 rings (SSSR count). The molecule has 78 valence electrons. The third kappa shape index (κ3) is 1.98. The third-order valence-electron chi connectivity index (χ3n) is 2.22. The minimum Gasteiger partial charge on any atom is -0.338 e. The molecule has 0 unspecified atom stereocenters. The van der Waals surface area contributed by atoms with Crippen molar-refractivity contribution in [1.29, 1.82) is 5.26 Å². The number of hydrogen-bond donors (Lipinski definition) is 1. The van der Waals surface area contributed by atoms with Gasteiger partial charge in [-0.2, -0.15) is 5.26 Å². The molecule has 0 aliphatic heterocycles. The van der Waals surface area contributed by atoms with Gasteiger partial charge in [0, 0.05) is 12.4 Å². The van der Waals surface area contributed by atoms with Gasteiger partial charge >= 0.3 is 0 Å². The summed E-state index contributed by atoms with van der Waals surface area (Å²) in [4.78, 5) is 8.15. The van der Waals surface area contributed by atoms with Gasteiger partial charge in [-0.25, -0.2) is 4.98 Å². The summed E-state index contributed by atoms with van der Waals surface area (Å²) < 4.78 is 0. The van der Waals surface area contributed by atoms with Crippen molar-refractivity contribution in [2.75, 3.05) is 5.32 Å². The Morgan fingerprint density at radius 3 is 2.94 bits per heavy atom. The van der Waals surface area contributed by atoms with E-state index in [1.807, 2.05) is 13.0 Å². The molecular formula is C12H10N4. The fraction of sp³-hybridized carbons (Fsp3) is 0.0833. The number of pyridine rings is 2. The molecule has 2 aromatic rings. The highest BCUT2D eigenvalue weighted by Crippen LogP contribution is 2.19. The zero-order valence-corrected chi connectivity index (χ0v) is 8.81. The second-order valence-corrected chi connectivity index (χ2v) is 3.33. The van der Waals surface area contributed by atoms with Crippen molar-refractivity contribution in [3.8, 4) is 6.07 Å². The Bertz CT molecular complexity index is 543. The van der Waals surface area contributed by atoms with Gasteiger partial charge in [0.25, 0.3) is 0 Å². The Morgan fingerprint density at radius 2 is 2.19 bits per heavy atom. The number of nitriles is 1. The lowest BCUT2D eigenvalue weighted by atomic mass is 10.2. The molecule has 4 heteroatoms. The Labute approximate surface area is 93.6 Å². The second kappa shape index (κ2) is 4.41. The predicted molar refractivity (Wildman–Crippen MR) is 61.2 cm³/mol. The zero-order chi connectivity index (χ0) is 11.4. The van der Waals surface area contributed by atoms with Gasteiger partial charge < -0.3 is 5.32 Å². The average Bonchev–Trinajstić information content (AvgIpc) is 2.33. The summed E-state index contributed by atoms with van der Waals surface area (Å²) in [6.45, 7) is 1.97. The predicted octanol–water partition coefficient (Wildman–Crippen LogP) is 2.40. The summed E-state index contributed by atoms with van der Waals surface area (Å²) in [5.74, 6) is 0.557. The maximum absolute atomic E-state index is 8.92. The van der Waals surface area contributed by atoms with Crippen molar-refractivity contribution >= 4 is 11.5 Å². The first-order valence-electron chi connectivity index (χ1n) is 4.84. The lowest BCUT2D eigenvalue weighted by Gasteiger charge is -2.08. The van der Waals surface area contributed by atoms with Crippen LogP contribution in [-0.4, -0.2) is 9.97 Å². The first kappa shape index (κ1) is 10.1. The zero-order valence-electron chi connectivity index (χ0n) is 8.81. The number of aryl methyl sites for hydroxylation is 1. The quantitative estimate of drug-likeness (QED) is 0.826. The molecule has 16 heavy (non-hydrogen) atoms. The molecule has 0 aliphatic rings. The van der Waals surface area contributed by atoms with Gasteiger partial charge in [-0.3, -0.25) is 4.98 Å². The fourth-order valence-corrected chi connectivity index (χ4v) is 1.32. The molecule has 2 aromatic heterocycles. The molecule has 0 saturated heterocycles. The molecule has 1 N–H and O–H groups in total. The first-order valence-corrected chi connectivity index (χ1v) is 4.84. The molecule has 0 bridgehead atoms. The highest BCUT2D eigenvalue weighted by molar-refractivity contribution is 5.63. The number of nitrogens with zero attached hydrogens (tertiary/aromatic N) is 3. The van der Waals surface area contributed by atoms with Crippen molar-refractivity contribution < 1.29 is 0 Å². The summed E-state index contributed by atoms with van der Waals surface area (Å²) in [6, 6.07) is 7.45. The highest BCUT2D eigenvalue weighted by atomic mass is 15.0. The van der Waals surface area contributed by atoms with E-state index in [0.717, 1.165) is 11.3 Å². The molecule has 0 saturated carbocycles. The van der Waals surface area contributed by atoms with Gasteiger partial charge in [0.1, 0.15) is 11.9 Å². The molecule has 0 spiro atoms. The molecular weight excluding hydrogens is 200 g/mol. The highest BCUT2D eigenvalue weighted by Gasteiger charge is 2.04. The van der Waals surface area contributed by atoms with Crippen LogP contribution in [0.1, 0.15) is 11.1 Å². The van der Waals surface area contributed by atoms with E-state index in [4.69, 9.17) is 5.26 Å². The van der Waals surface area contributed by atoms with E-state index >= 15 is 0 Å². The molecule has 0 aliphatic carbocycles. The Balaban J connectivity index is 2.35. The maximum Gasteiger partial charge on any atom is 0.148 e. The van der Waals surface area contributed by atoms with Crippen molar-refractivity contribution in [2.45, 2.75) is 6.92 Å². The smallest absolute Gasteiger partial charge is 0.148 e. The van der Waals surface area contributed by atoms with Crippen molar-refractivity contribution in [2.24, 2.45) is 0 Å². The van der Waals surface area contributed by atoms with E-state index in [-0.39, 0.29) is 0 Å². The molecule has 0 fully saturated rings. The van der Waals surface area contributed by atoms with Gasteiger partial charge in [-0.15, -0.1) is 0 Å². The molecule has 0 radical (unpaired) electrons. The van der Waals surface area contributed by atoms with E-state index in [1.165, 1.54) is 0 Å².